The molecule has 3 aliphatic rings. The predicted octanol–water partition coefficient (Wildman–Crippen LogP) is 2.70. The van der Waals surface area contributed by atoms with Crippen molar-refractivity contribution < 1.29 is 4.79 Å². The van der Waals surface area contributed by atoms with Crippen LogP contribution in [0.25, 0.3) is 0 Å². The number of rotatable bonds is 5. The first-order valence-electron chi connectivity index (χ1n) is 11.3. The molecule has 5 rings (SSSR count). The number of carbonyl (C=O) groups is 1. The van der Waals surface area contributed by atoms with Gasteiger partial charge in [-0.2, -0.15) is 4.98 Å². The minimum Gasteiger partial charge on any atom is -0.369 e. The van der Waals surface area contributed by atoms with Gasteiger partial charge in [0.05, 0.1) is 6.20 Å². The van der Waals surface area contributed by atoms with Crippen LogP contribution in [0.3, 0.4) is 0 Å². The van der Waals surface area contributed by atoms with Gasteiger partial charge in [-0.15, -0.1) is 0 Å². The second-order valence-corrected chi connectivity index (χ2v) is 8.87. The van der Waals surface area contributed by atoms with Gasteiger partial charge in [-0.25, -0.2) is 4.98 Å². The lowest BCUT2D eigenvalue weighted by atomic mass is 10.2. The molecule has 0 bridgehead atoms. The van der Waals surface area contributed by atoms with E-state index in [9.17, 15) is 4.79 Å². The van der Waals surface area contributed by atoms with Gasteiger partial charge in [0.1, 0.15) is 5.69 Å². The van der Waals surface area contributed by atoms with Crippen molar-refractivity contribution in [1.82, 2.24) is 14.9 Å². The Bertz CT molecular complexity index is 920. The number of carbonyl (C=O) groups excluding carboxylic acids is 1. The van der Waals surface area contributed by atoms with E-state index in [0.29, 0.717) is 12.0 Å². The van der Waals surface area contributed by atoms with Crippen molar-refractivity contribution in [2.75, 3.05) is 60.3 Å². The van der Waals surface area contributed by atoms with Crippen LogP contribution in [0.1, 0.15) is 25.7 Å². The van der Waals surface area contributed by atoms with Crippen LogP contribution in [-0.4, -0.2) is 73.6 Å². The molecule has 1 aromatic carbocycles. The number of aldehydes is 1. The first-order valence-corrected chi connectivity index (χ1v) is 11.3. The number of aromatic nitrogens is 2. The highest BCUT2D eigenvalue weighted by Gasteiger charge is 2.40. The summed E-state index contributed by atoms with van der Waals surface area (Å²) in [5.74, 6) is 1.42. The first-order chi connectivity index (χ1) is 15.1. The normalized spacial score (nSPS) is 22.1. The molecule has 31 heavy (non-hydrogen) atoms. The Morgan fingerprint density at radius 1 is 1.03 bits per heavy atom. The van der Waals surface area contributed by atoms with E-state index in [0.717, 1.165) is 62.5 Å². The molecule has 1 saturated carbocycles. The maximum absolute atomic E-state index is 11.9. The van der Waals surface area contributed by atoms with Crippen molar-refractivity contribution in [2.24, 2.45) is 0 Å². The highest BCUT2D eigenvalue weighted by molar-refractivity contribution is 5.84. The molecule has 1 aromatic heterocycles. The number of nitrogens with one attached hydrogen (secondary N) is 1. The minimum absolute atomic E-state index is 0.300. The van der Waals surface area contributed by atoms with E-state index >= 15 is 0 Å². The molecule has 8 nitrogen and oxygen atoms in total. The van der Waals surface area contributed by atoms with Gasteiger partial charge in [0, 0.05) is 50.6 Å². The largest absolute Gasteiger partial charge is 0.369 e. The minimum atomic E-state index is -0.300. The van der Waals surface area contributed by atoms with Crippen molar-refractivity contribution >= 4 is 35.1 Å². The highest BCUT2D eigenvalue weighted by atomic mass is 16.1. The third kappa shape index (κ3) is 3.80. The molecule has 164 valence electrons. The van der Waals surface area contributed by atoms with Gasteiger partial charge in [-0.1, -0.05) is 12.8 Å². The number of likely N-dealkylation sites (N-methyl/N-ethyl adjacent to an activating group) is 2. The molecule has 1 saturated heterocycles. The number of fused-ring (bicyclic) bond motifs is 1. The molecular weight excluding hydrogens is 390 g/mol. The molecule has 2 aliphatic heterocycles. The van der Waals surface area contributed by atoms with Crippen molar-refractivity contribution in [3.05, 3.63) is 30.5 Å². The quantitative estimate of drug-likeness (QED) is 0.739. The molecule has 8 heteroatoms. The van der Waals surface area contributed by atoms with Gasteiger partial charge in [-0.3, -0.25) is 4.79 Å². The third-order valence-corrected chi connectivity index (χ3v) is 6.89. The van der Waals surface area contributed by atoms with Crippen molar-refractivity contribution in [1.29, 1.82) is 0 Å². The van der Waals surface area contributed by atoms with E-state index in [4.69, 9.17) is 4.98 Å². The molecule has 2 aromatic rings. The van der Waals surface area contributed by atoms with Crippen LogP contribution in [0.2, 0.25) is 0 Å². The zero-order valence-electron chi connectivity index (χ0n) is 18.4. The Morgan fingerprint density at radius 2 is 1.74 bits per heavy atom. The van der Waals surface area contributed by atoms with E-state index in [1.807, 2.05) is 18.1 Å². The van der Waals surface area contributed by atoms with E-state index in [2.05, 4.69) is 56.3 Å². The average Bonchev–Trinajstić information content (AvgIpc) is 3.41. The van der Waals surface area contributed by atoms with Crippen LogP contribution in [0, 0.1) is 0 Å². The van der Waals surface area contributed by atoms with Crippen LogP contribution in [0.5, 0.6) is 0 Å². The Morgan fingerprint density at radius 3 is 2.42 bits per heavy atom. The summed E-state index contributed by atoms with van der Waals surface area (Å²) in [6.45, 7) is 4.30. The SMILES string of the molecule is CN1CCN(c2ccc(Nc3ncc4c(n3)N(C3CCCC3)C(C=O)N4C)cc2)CC1. The number of piperazine rings is 1. The maximum Gasteiger partial charge on any atom is 0.229 e. The summed E-state index contributed by atoms with van der Waals surface area (Å²) in [5, 5.41) is 3.35. The summed E-state index contributed by atoms with van der Waals surface area (Å²) in [4.78, 5) is 30.2. The van der Waals surface area contributed by atoms with Gasteiger partial charge < -0.3 is 24.9 Å². The Hall–Kier alpha value is -2.87. The Kier molecular flexibility index (Phi) is 5.40. The van der Waals surface area contributed by atoms with Crippen LogP contribution in [0.4, 0.5) is 28.8 Å². The van der Waals surface area contributed by atoms with Gasteiger partial charge in [-0.05, 0) is 44.2 Å². The second-order valence-electron chi connectivity index (χ2n) is 8.87. The molecule has 1 unspecified atom stereocenters. The lowest BCUT2D eigenvalue weighted by Gasteiger charge is -2.34. The summed E-state index contributed by atoms with van der Waals surface area (Å²) >= 11 is 0. The summed E-state index contributed by atoms with van der Waals surface area (Å²) in [6, 6.07) is 8.84. The second kappa shape index (κ2) is 8.34. The van der Waals surface area contributed by atoms with E-state index in [1.165, 1.54) is 18.5 Å². The fourth-order valence-electron chi connectivity index (χ4n) is 5.00. The number of hydrogen-bond acceptors (Lipinski definition) is 8. The van der Waals surface area contributed by atoms with Crippen LogP contribution >= 0.6 is 0 Å². The predicted molar refractivity (Wildman–Crippen MR) is 124 cm³/mol. The smallest absolute Gasteiger partial charge is 0.229 e. The fraction of sp³-hybridized carbons (Fsp3) is 0.522. The molecule has 0 radical (unpaired) electrons. The number of hydrogen-bond donors (Lipinski definition) is 1. The summed E-state index contributed by atoms with van der Waals surface area (Å²) in [6.07, 6.45) is 7.18. The van der Waals surface area contributed by atoms with Crippen LogP contribution in [-0.2, 0) is 4.79 Å². The van der Waals surface area contributed by atoms with E-state index in [-0.39, 0.29) is 6.17 Å². The highest BCUT2D eigenvalue weighted by Crippen LogP contribution is 2.41. The van der Waals surface area contributed by atoms with Crippen molar-refractivity contribution in [3.8, 4) is 0 Å². The summed E-state index contributed by atoms with van der Waals surface area (Å²) < 4.78 is 0. The Balaban J connectivity index is 1.34. The van der Waals surface area contributed by atoms with Gasteiger partial charge in [0.25, 0.3) is 0 Å². The molecule has 1 atom stereocenters. The lowest BCUT2D eigenvalue weighted by Crippen LogP contribution is -2.47. The zero-order chi connectivity index (χ0) is 21.4. The van der Waals surface area contributed by atoms with Gasteiger partial charge >= 0.3 is 0 Å². The topological polar surface area (TPSA) is 67.8 Å². The van der Waals surface area contributed by atoms with Gasteiger partial charge in [0.15, 0.2) is 18.3 Å². The maximum atomic E-state index is 11.9. The Labute approximate surface area is 183 Å². The van der Waals surface area contributed by atoms with Crippen LogP contribution in [0.15, 0.2) is 30.5 Å². The third-order valence-electron chi connectivity index (χ3n) is 6.89. The fourth-order valence-corrected chi connectivity index (χ4v) is 5.00. The molecule has 2 fully saturated rings. The van der Waals surface area contributed by atoms with Crippen LogP contribution < -0.4 is 20.0 Å². The van der Waals surface area contributed by atoms with Crippen molar-refractivity contribution in [2.45, 2.75) is 37.9 Å². The van der Waals surface area contributed by atoms with E-state index < -0.39 is 0 Å². The molecular formula is C23H31N7O. The molecule has 0 amide bonds. The number of benzene rings is 1. The lowest BCUT2D eigenvalue weighted by molar-refractivity contribution is -0.108. The summed E-state index contributed by atoms with van der Waals surface area (Å²) in [7, 11) is 4.12. The monoisotopic (exact) mass is 421 g/mol. The molecule has 1 N–H and O–H groups in total. The molecule has 1 aliphatic carbocycles. The van der Waals surface area contributed by atoms with Crippen molar-refractivity contribution in [3.63, 3.8) is 0 Å². The first kappa shape index (κ1) is 20.1. The van der Waals surface area contributed by atoms with E-state index in [1.54, 1.807) is 0 Å². The number of anilines is 5. The molecule has 3 heterocycles. The molecule has 0 spiro atoms. The summed E-state index contributed by atoms with van der Waals surface area (Å²) in [5.41, 5.74) is 3.12. The standard InChI is InChI=1S/C23H31N7O/c1-27-11-13-29(14-12-27)18-9-7-17(8-10-18)25-23-24-15-20-22(26-23)30(19-5-3-4-6-19)21(16-31)28(20)2/h7-10,15-16,19,21H,3-6,11-14H2,1-2H3,(H,24,25,26). The number of nitrogens with zero attached hydrogens (tertiary/aromatic N) is 6. The zero-order valence-corrected chi connectivity index (χ0v) is 18.4. The van der Waals surface area contributed by atoms with Gasteiger partial charge in [0.2, 0.25) is 5.95 Å². The average molecular weight is 422 g/mol.